The maximum absolute atomic E-state index is 12.4. The lowest BCUT2D eigenvalue weighted by molar-refractivity contribution is -0.282. The maximum atomic E-state index is 12.4. The molecule has 0 heterocycles. The molecule has 19 heavy (non-hydrogen) atoms. The van der Waals surface area contributed by atoms with Gasteiger partial charge in [-0.15, -0.1) is 0 Å². The quantitative estimate of drug-likeness (QED) is 0.703. The first kappa shape index (κ1) is 18.4. The molecule has 0 saturated carbocycles. The van der Waals surface area contributed by atoms with Gasteiger partial charge >= 0.3 is 18.3 Å². The average Bonchev–Trinajstić information content (AvgIpc) is 2.10. The lowest BCUT2D eigenvalue weighted by Gasteiger charge is -2.19. The van der Waals surface area contributed by atoms with Crippen molar-refractivity contribution in [3.8, 4) is 0 Å². The lowest BCUT2D eigenvalue weighted by Crippen LogP contribution is -2.38. The van der Waals surface area contributed by atoms with E-state index in [4.69, 9.17) is 0 Å². The molecule has 0 atom stereocenters. The summed E-state index contributed by atoms with van der Waals surface area (Å²) < 4.78 is 117. The predicted octanol–water partition coefficient (Wildman–Crippen LogP) is 3.33. The van der Waals surface area contributed by atoms with Crippen molar-refractivity contribution >= 4 is 9.84 Å². The van der Waals surface area contributed by atoms with Gasteiger partial charge in [0.05, 0.1) is 11.5 Å². The van der Waals surface area contributed by atoms with E-state index in [1.165, 1.54) is 0 Å². The fraction of sp³-hybridized carbons (Fsp3) is 1.00. The van der Waals surface area contributed by atoms with Gasteiger partial charge in [0, 0.05) is 12.8 Å². The van der Waals surface area contributed by atoms with Crippen LogP contribution in [0.3, 0.4) is 0 Å². The van der Waals surface area contributed by atoms with Crippen molar-refractivity contribution in [2.75, 3.05) is 11.5 Å². The highest BCUT2D eigenvalue weighted by Crippen LogP contribution is 2.38. The molecule has 0 radical (unpaired) electrons. The Hall–Kier alpha value is -0.610. The van der Waals surface area contributed by atoms with Gasteiger partial charge in [-0.2, -0.15) is 35.1 Å². The Morgan fingerprint density at radius 2 is 1.21 bits per heavy atom. The molecule has 0 aliphatic rings. The second-order valence-electron chi connectivity index (χ2n) is 3.82. The summed E-state index contributed by atoms with van der Waals surface area (Å²) >= 11 is 0. The van der Waals surface area contributed by atoms with Gasteiger partial charge in [-0.25, -0.2) is 8.42 Å². The topological polar surface area (TPSA) is 34.1 Å². The molecular formula is C8H10F8O2S. The minimum atomic E-state index is -5.88. The first-order valence-corrected chi connectivity index (χ1v) is 6.70. The zero-order valence-corrected chi connectivity index (χ0v) is 10.1. The number of rotatable bonds is 6. The zero-order valence-electron chi connectivity index (χ0n) is 9.28. The molecule has 0 aliphatic heterocycles. The summed E-state index contributed by atoms with van der Waals surface area (Å²) in [5.41, 5.74) is 0. The molecule has 0 aromatic rings. The van der Waals surface area contributed by atoms with Crippen LogP contribution in [0.2, 0.25) is 0 Å². The molecule has 0 saturated heterocycles. The highest BCUT2D eigenvalue weighted by Gasteiger charge is 2.57. The summed E-state index contributed by atoms with van der Waals surface area (Å²) in [6.07, 6.45) is -14.8. The number of hydrogen-bond donors (Lipinski definition) is 0. The van der Waals surface area contributed by atoms with Crippen molar-refractivity contribution in [3.05, 3.63) is 0 Å². The van der Waals surface area contributed by atoms with Crippen LogP contribution in [0.25, 0.3) is 0 Å². The molecular weight excluding hydrogens is 312 g/mol. The van der Waals surface area contributed by atoms with Crippen LogP contribution in [-0.2, 0) is 9.84 Å². The first-order chi connectivity index (χ1) is 8.16. The monoisotopic (exact) mass is 322 g/mol. The Balaban J connectivity index is 4.33. The Morgan fingerprint density at radius 3 is 1.58 bits per heavy atom. The van der Waals surface area contributed by atoms with E-state index in [9.17, 15) is 43.5 Å². The summed E-state index contributed by atoms with van der Waals surface area (Å²) in [6.45, 7) is 0. The van der Waals surface area contributed by atoms with Crippen molar-refractivity contribution in [2.45, 2.75) is 37.5 Å². The van der Waals surface area contributed by atoms with Crippen molar-refractivity contribution in [2.24, 2.45) is 0 Å². The number of hydrogen-bond acceptors (Lipinski definition) is 2. The third-order valence-corrected chi connectivity index (χ3v) is 3.79. The van der Waals surface area contributed by atoms with Gasteiger partial charge in [0.25, 0.3) is 0 Å². The van der Waals surface area contributed by atoms with E-state index in [0.717, 1.165) is 0 Å². The van der Waals surface area contributed by atoms with Gasteiger partial charge in [0.2, 0.25) is 0 Å². The number of halogens is 8. The highest BCUT2D eigenvalue weighted by atomic mass is 32.2. The molecule has 0 fully saturated rings. The SMILES string of the molecule is O=S(=O)(CCCC(F)(F)F)CCC(F)(F)C(F)(F)F. The van der Waals surface area contributed by atoms with Crippen molar-refractivity contribution in [1.29, 1.82) is 0 Å². The van der Waals surface area contributed by atoms with Crippen LogP contribution in [0.5, 0.6) is 0 Å². The van der Waals surface area contributed by atoms with E-state index < -0.39 is 58.9 Å². The number of sulfone groups is 1. The molecule has 2 nitrogen and oxygen atoms in total. The maximum Gasteiger partial charge on any atom is 0.453 e. The molecule has 0 rings (SSSR count). The van der Waals surface area contributed by atoms with E-state index in [-0.39, 0.29) is 0 Å². The van der Waals surface area contributed by atoms with Crippen LogP contribution in [-0.4, -0.2) is 38.2 Å². The first-order valence-electron chi connectivity index (χ1n) is 4.88. The molecule has 116 valence electrons. The van der Waals surface area contributed by atoms with Crippen molar-refractivity contribution in [3.63, 3.8) is 0 Å². The lowest BCUT2D eigenvalue weighted by atomic mass is 10.2. The fourth-order valence-corrected chi connectivity index (χ4v) is 2.38. The summed E-state index contributed by atoms with van der Waals surface area (Å²) in [4.78, 5) is 0. The Kier molecular flexibility index (Phi) is 5.61. The summed E-state index contributed by atoms with van der Waals surface area (Å²) in [5, 5.41) is 0. The van der Waals surface area contributed by atoms with E-state index in [1.54, 1.807) is 0 Å². The minimum absolute atomic E-state index is 0.872. The van der Waals surface area contributed by atoms with Gasteiger partial charge < -0.3 is 0 Å². The smallest absolute Gasteiger partial charge is 0.229 e. The number of alkyl halides is 8. The van der Waals surface area contributed by atoms with Crippen molar-refractivity contribution < 1.29 is 43.5 Å². The van der Waals surface area contributed by atoms with E-state index >= 15 is 0 Å². The van der Waals surface area contributed by atoms with E-state index in [1.807, 2.05) is 0 Å². The van der Waals surface area contributed by atoms with Crippen LogP contribution in [0.1, 0.15) is 19.3 Å². The van der Waals surface area contributed by atoms with E-state index in [2.05, 4.69) is 0 Å². The minimum Gasteiger partial charge on any atom is -0.229 e. The average molecular weight is 322 g/mol. The predicted molar refractivity (Wildman–Crippen MR) is 49.6 cm³/mol. The van der Waals surface area contributed by atoms with Crippen LogP contribution in [0.4, 0.5) is 35.1 Å². The van der Waals surface area contributed by atoms with Crippen LogP contribution < -0.4 is 0 Å². The molecule has 0 N–H and O–H groups in total. The van der Waals surface area contributed by atoms with Gasteiger partial charge in [-0.3, -0.25) is 0 Å². The van der Waals surface area contributed by atoms with Crippen LogP contribution >= 0.6 is 0 Å². The highest BCUT2D eigenvalue weighted by molar-refractivity contribution is 7.91. The summed E-state index contributed by atoms with van der Waals surface area (Å²) in [6, 6.07) is 0. The third-order valence-electron chi connectivity index (χ3n) is 2.06. The molecule has 0 aliphatic carbocycles. The second-order valence-corrected chi connectivity index (χ2v) is 6.13. The van der Waals surface area contributed by atoms with Gasteiger partial charge in [-0.05, 0) is 6.42 Å². The molecule has 0 bridgehead atoms. The standard InChI is InChI=1S/C8H10F8O2S/c9-6(10,8(14,15)16)3-5-19(17,18)4-1-2-7(11,12)13/h1-5H2. The van der Waals surface area contributed by atoms with E-state index in [0.29, 0.717) is 0 Å². The zero-order chi connectivity index (χ0) is 15.5. The van der Waals surface area contributed by atoms with Crippen LogP contribution in [0, 0.1) is 0 Å². The van der Waals surface area contributed by atoms with Gasteiger partial charge in [0.15, 0.2) is 9.84 Å². The molecule has 0 amide bonds. The van der Waals surface area contributed by atoms with Crippen LogP contribution in [0.15, 0.2) is 0 Å². The Labute approximate surface area is 103 Å². The fourth-order valence-electron chi connectivity index (χ4n) is 1.02. The van der Waals surface area contributed by atoms with Crippen molar-refractivity contribution in [1.82, 2.24) is 0 Å². The van der Waals surface area contributed by atoms with Gasteiger partial charge in [-0.1, -0.05) is 0 Å². The molecule has 11 heteroatoms. The second kappa shape index (κ2) is 5.80. The molecule has 0 aromatic heterocycles. The largest absolute Gasteiger partial charge is 0.453 e. The Bertz CT molecular complexity index is 381. The normalized spacial score (nSPS) is 14.7. The molecule has 0 spiro atoms. The Morgan fingerprint density at radius 1 is 0.737 bits per heavy atom. The summed E-state index contributed by atoms with van der Waals surface area (Å²) in [7, 11) is -4.38. The third kappa shape index (κ3) is 7.53. The van der Waals surface area contributed by atoms with Gasteiger partial charge in [0.1, 0.15) is 0 Å². The molecule has 0 aromatic carbocycles. The molecule has 0 unspecified atom stereocenters. The summed E-state index contributed by atoms with van der Waals surface area (Å²) in [5.74, 6) is -7.78.